The van der Waals surface area contributed by atoms with Crippen LogP contribution in [0.5, 0.6) is 0 Å². The maximum absolute atomic E-state index is 13.8. The summed E-state index contributed by atoms with van der Waals surface area (Å²) in [5.74, 6) is -0.0147. The van der Waals surface area contributed by atoms with Crippen molar-refractivity contribution >= 4 is 36.1 Å². The van der Waals surface area contributed by atoms with Crippen LogP contribution >= 0.6 is 11.8 Å². The predicted octanol–water partition coefficient (Wildman–Crippen LogP) is 5.55. The Morgan fingerprint density at radius 3 is 2.51 bits per heavy atom. The molecule has 1 rings (SSSR count). The third-order valence-corrected chi connectivity index (χ3v) is 6.86. The molecule has 3 amide bonds. The van der Waals surface area contributed by atoms with Crippen molar-refractivity contribution in [2.24, 2.45) is 11.1 Å². The lowest BCUT2D eigenvalue weighted by Gasteiger charge is -2.34. The smallest absolute Gasteiger partial charge is 0.311 e. The monoisotopic (exact) mass is 560 g/mol. The van der Waals surface area contributed by atoms with Crippen LogP contribution in [0.25, 0.3) is 6.08 Å². The Labute approximate surface area is 235 Å². The van der Waals surface area contributed by atoms with Gasteiger partial charge in [0.2, 0.25) is 12.3 Å². The highest BCUT2D eigenvalue weighted by atomic mass is 32.2. The van der Waals surface area contributed by atoms with E-state index in [0.29, 0.717) is 42.3 Å². The van der Waals surface area contributed by atoms with Gasteiger partial charge in [-0.1, -0.05) is 26.0 Å². The summed E-state index contributed by atoms with van der Waals surface area (Å²) >= 11 is 1.22. The second kappa shape index (κ2) is 16.5. The molecule has 0 aliphatic rings. The quantitative estimate of drug-likeness (QED) is 0.0644. The Kier molecular flexibility index (Phi) is 14.2. The van der Waals surface area contributed by atoms with Gasteiger partial charge >= 0.3 is 5.91 Å². The molecule has 214 valence electrons. The zero-order valence-corrected chi connectivity index (χ0v) is 24.9. The first kappa shape index (κ1) is 33.6. The molecule has 10 nitrogen and oxygen atoms in total. The van der Waals surface area contributed by atoms with E-state index in [0.717, 1.165) is 17.1 Å². The molecule has 0 spiro atoms. The molecule has 0 atom stereocenters. The molecule has 1 aromatic rings. The minimum Gasteiger partial charge on any atom is -0.501 e. The number of carbonyl (C=O) groups excluding carboxylic acids is 3. The molecule has 0 fully saturated rings. The van der Waals surface area contributed by atoms with E-state index in [1.54, 1.807) is 26.4 Å². The van der Waals surface area contributed by atoms with Gasteiger partial charge in [0.25, 0.3) is 5.91 Å². The Bertz CT molecular complexity index is 1100. The number of oxazole rings is 1. The number of hydrogen-bond donors (Lipinski definition) is 0. The summed E-state index contributed by atoms with van der Waals surface area (Å²) in [7, 11) is 3.03. The first-order valence-electron chi connectivity index (χ1n) is 12.6. The number of hydrogen-bond acceptors (Lipinski definition) is 8. The highest BCUT2D eigenvalue weighted by molar-refractivity contribution is 8.02. The van der Waals surface area contributed by atoms with Crippen molar-refractivity contribution in [1.82, 2.24) is 14.8 Å². The molecule has 39 heavy (non-hydrogen) atoms. The Morgan fingerprint density at radius 1 is 1.31 bits per heavy atom. The van der Waals surface area contributed by atoms with Gasteiger partial charge in [0.1, 0.15) is 11.8 Å². The van der Waals surface area contributed by atoms with Gasteiger partial charge in [-0.25, -0.2) is 4.98 Å². The van der Waals surface area contributed by atoms with Gasteiger partial charge in [-0.3, -0.25) is 14.4 Å². The molecule has 0 radical (unpaired) electrons. The number of likely N-dealkylation sites (N-methyl/N-ethyl adjacent to an activating group) is 1. The summed E-state index contributed by atoms with van der Waals surface area (Å²) in [6.07, 6.45) is 15.0. The molecular formula is C28H40N4O6S. The van der Waals surface area contributed by atoms with E-state index in [2.05, 4.69) is 36.2 Å². The number of rotatable bonds is 16. The Morgan fingerprint density at radius 2 is 2.00 bits per heavy atom. The lowest BCUT2D eigenvalue weighted by molar-refractivity contribution is -0.139. The van der Waals surface area contributed by atoms with Crippen LogP contribution in [0.3, 0.4) is 0 Å². The molecule has 0 saturated carbocycles. The third kappa shape index (κ3) is 9.97. The molecule has 0 aliphatic heterocycles. The average molecular weight is 561 g/mol. The average Bonchev–Trinajstić information content (AvgIpc) is 3.42. The molecule has 0 aromatic carbocycles. The van der Waals surface area contributed by atoms with Crippen LogP contribution in [-0.2, 0) is 19.1 Å². The summed E-state index contributed by atoms with van der Waals surface area (Å²) in [5.41, 5.74) is -0.879. The van der Waals surface area contributed by atoms with Gasteiger partial charge in [-0.05, 0) is 57.4 Å². The lowest BCUT2D eigenvalue weighted by atomic mass is 9.99. The van der Waals surface area contributed by atoms with Crippen LogP contribution in [0.2, 0.25) is 0 Å². The van der Waals surface area contributed by atoms with Crippen LogP contribution in [0.4, 0.5) is 0 Å². The number of ether oxygens (including phenoxy) is 1. The highest BCUT2D eigenvalue weighted by Gasteiger charge is 2.38. The number of aromatic nitrogens is 1. The summed E-state index contributed by atoms with van der Waals surface area (Å²) < 4.78 is 10.8. The van der Waals surface area contributed by atoms with Crippen LogP contribution in [-0.4, -0.2) is 65.5 Å². The molecule has 11 heteroatoms. The minimum atomic E-state index is -1.51. The number of carbonyl (C=O) groups is 3. The second-order valence-electron chi connectivity index (χ2n) is 9.59. The highest BCUT2D eigenvalue weighted by Crippen LogP contribution is 2.30. The summed E-state index contributed by atoms with van der Waals surface area (Å²) in [5, 5.41) is 2.90. The number of allylic oxidation sites excluding steroid dienone is 4. The van der Waals surface area contributed by atoms with E-state index >= 15 is 0 Å². The fourth-order valence-electron chi connectivity index (χ4n) is 3.50. The van der Waals surface area contributed by atoms with E-state index in [1.165, 1.54) is 50.0 Å². The molecule has 0 bridgehead atoms. The molecule has 1 aromatic heterocycles. The van der Waals surface area contributed by atoms with Crippen LogP contribution in [0.15, 0.2) is 62.2 Å². The maximum Gasteiger partial charge on any atom is 0.311 e. The number of methoxy groups -OCH3 is 1. The van der Waals surface area contributed by atoms with Crippen LogP contribution in [0.1, 0.15) is 59.8 Å². The minimum absolute atomic E-state index is 0.170. The third-order valence-electron chi connectivity index (χ3n) is 6.03. The largest absolute Gasteiger partial charge is 0.501 e. The summed E-state index contributed by atoms with van der Waals surface area (Å²) in [4.78, 5) is 55.9. The topological polar surface area (TPSA) is 122 Å². The van der Waals surface area contributed by atoms with Crippen molar-refractivity contribution in [1.29, 1.82) is 0 Å². The van der Waals surface area contributed by atoms with Gasteiger partial charge < -0.3 is 19.0 Å². The fourth-order valence-corrected chi connectivity index (χ4v) is 4.32. The molecule has 0 saturated heterocycles. The van der Waals surface area contributed by atoms with E-state index in [1.807, 2.05) is 6.08 Å². The van der Waals surface area contributed by atoms with Gasteiger partial charge in [0.05, 0.1) is 29.7 Å². The maximum atomic E-state index is 13.8. The molecule has 0 N–H and O–H groups in total. The van der Waals surface area contributed by atoms with Gasteiger partial charge in [-0.15, -0.1) is 16.7 Å². The molecule has 0 aliphatic carbocycles. The van der Waals surface area contributed by atoms with E-state index in [9.17, 15) is 19.3 Å². The van der Waals surface area contributed by atoms with Crippen molar-refractivity contribution < 1.29 is 23.5 Å². The van der Waals surface area contributed by atoms with Gasteiger partial charge in [0.15, 0.2) is 0 Å². The molecule has 0 unspecified atom stereocenters. The van der Waals surface area contributed by atoms with Crippen molar-refractivity contribution in [3.63, 3.8) is 0 Å². The van der Waals surface area contributed by atoms with Crippen molar-refractivity contribution in [2.45, 2.75) is 59.4 Å². The van der Waals surface area contributed by atoms with Crippen LogP contribution < -0.4 is 0 Å². The van der Waals surface area contributed by atoms with Crippen molar-refractivity contribution in [3.8, 4) is 0 Å². The fraction of sp³-hybridized carbons (Fsp3) is 0.500. The number of nitrogens with zero attached hydrogens (tertiary/aromatic N) is 4. The zero-order chi connectivity index (χ0) is 29.6. The molecular weight excluding hydrogens is 520 g/mol. The Hall–Kier alpha value is -3.47. The van der Waals surface area contributed by atoms with E-state index in [4.69, 9.17) is 9.15 Å². The number of amides is 3. The van der Waals surface area contributed by atoms with Crippen molar-refractivity contribution in [2.75, 3.05) is 27.0 Å². The van der Waals surface area contributed by atoms with Gasteiger partial charge in [0, 0.05) is 31.3 Å². The van der Waals surface area contributed by atoms with E-state index in [-0.39, 0.29) is 11.5 Å². The second-order valence-corrected chi connectivity index (χ2v) is 10.4. The van der Waals surface area contributed by atoms with Gasteiger partial charge in [-0.2, -0.15) is 0 Å². The molecule has 1 heterocycles. The normalized spacial score (nSPS) is 13.4. The predicted molar refractivity (Wildman–Crippen MR) is 154 cm³/mol. The van der Waals surface area contributed by atoms with Crippen LogP contribution in [0, 0.1) is 10.8 Å². The Balaban J connectivity index is 3.40. The lowest BCUT2D eigenvalue weighted by Crippen LogP contribution is -2.51. The van der Waals surface area contributed by atoms with E-state index < -0.39 is 17.4 Å². The summed E-state index contributed by atoms with van der Waals surface area (Å²) in [6, 6.07) is 0. The number of nitroso groups, excluding NO2 is 1. The SMILES string of the molecule is CO/C(=C/C/C=C\C(C)C)CCCN(C=O)/C(SC)=C(C(=O)N(C)C(C)(C)C(=O)N=O)/C(C)=C/c1ncco1. The first-order valence-corrected chi connectivity index (χ1v) is 13.8. The van der Waals surface area contributed by atoms with Crippen molar-refractivity contribution in [3.05, 3.63) is 63.4 Å². The summed E-state index contributed by atoms with van der Waals surface area (Å²) in [6.45, 7) is 9.09. The zero-order valence-electron chi connectivity index (χ0n) is 24.1. The number of thioether (sulfide) groups is 1. The standard InChI is InChI=1S/C28H40N4O6S/c1-20(2)12-9-10-13-22(37-7)14-11-16-32(19-33)26(39-8)24(21(3)18-23-29-15-17-38-23)25(34)31(6)28(4,5)27(35)30-36/h9,12-13,15,17-20H,10-11,14,16H2,1-8H3/b12-9-,21-18+,22-13+,26-24+. The first-order chi connectivity index (χ1) is 18.4.